The van der Waals surface area contributed by atoms with Crippen molar-refractivity contribution in [2.24, 2.45) is 0 Å². The third kappa shape index (κ3) is 1.99. The van der Waals surface area contributed by atoms with Gasteiger partial charge in [0.05, 0.1) is 11.4 Å². The number of para-hydroxylation sites is 2. The lowest BCUT2D eigenvalue weighted by Gasteiger charge is -2.19. The Morgan fingerprint density at radius 3 is 1.73 bits per heavy atom. The number of fused-ring (bicyclic) bond motifs is 2. The average Bonchev–Trinajstić information content (AvgIpc) is 2.26. The van der Waals surface area contributed by atoms with Crippen LogP contribution in [0.5, 0.6) is 0 Å². The fraction of sp³-hybridized carbons (Fsp3) is 0. The van der Waals surface area contributed by atoms with Crippen molar-refractivity contribution >= 4 is 47.1 Å². The largest absolute Gasteiger partial charge is 0.354 e. The molecule has 0 radical (unpaired) electrons. The minimum absolute atomic E-state index is 0. The molecule has 0 aromatic heterocycles. The van der Waals surface area contributed by atoms with Gasteiger partial charge in [-0.05, 0) is 24.3 Å². The van der Waals surface area contributed by atoms with E-state index >= 15 is 0 Å². The molecule has 0 fully saturated rings. The van der Waals surface area contributed by atoms with Crippen LogP contribution in [0.2, 0.25) is 0 Å². The van der Waals surface area contributed by atoms with E-state index < -0.39 is 0 Å². The SMILES string of the molecule is I.c1ccc2c(c1)Nc1ccccc1S2. The highest BCUT2D eigenvalue weighted by Gasteiger charge is 2.13. The van der Waals surface area contributed by atoms with Gasteiger partial charge in [-0.3, -0.25) is 0 Å². The van der Waals surface area contributed by atoms with Crippen LogP contribution in [-0.2, 0) is 0 Å². The zero-order valence-corrected chi connectivity index (χ0v) is 11.1. The molecule has 76 valence electrons. The molecule has 0 saturated carbocycles. The summed E-state index contributed by atoms with van der Waals surface area (Å²) in [6.45, 7) is 0. The number of halogens is 1. The normalized spacial score (nSPS) is 11.7. The topological polar surface area (TPSA) is 12.0 Å². The van der Waals surface area contributed by atoms with E-state index in [4.69, 9.17) is 0 Å². The van der Waals surface area contributed by atoms with Crippen LogP contribution in [0.1, 0.15) is 0 Å². The van der Waals surface area contributed by atoms with Gasteiger partial charge in [0.15, 0.2) is 0 Å². The van der Waals surface area contributed by atoms with Crippen molar-refractivity contribution in [1.82, 2.24) is 0 Å². The second-order valence-corrected chi connectivity index (χ2v) is 4.30. The highest BCUT2D eigenvalue weighted by Crippen LogP contribution is 2.43. The minimum Gasteiger partial charge on any atom is -0.354 e. The van der Waals surface area contributed by atoms with Gasteiger partial charge in [-0.15, -0.1) is 24.0 Å². The summed E-state index contributed by atoms with van der Waals surface area (Å²) < 4.78 is 0. The molecule has 3 heteroatoms. The molecule has 0 saturated heterocycles. The second-order valence-electron chi connectivity index (χ2n) is 3.22. The maximum absolute atomic E-state index is 3.42. The van der Waals surface area contributed by atoms with Crippen molar-refractivity contribution in [3.05, 3.63) is 48.5 Å². The highest BCUT2D eigenvalue weighted by atomic mass is 127. The Morgan fingerprint density at radius 1 is 0.733 bits per heavy atom. The molecule has 2 aromatic rings. The number of nitrogens with one attached hydrogen (secondary N) is 1. The summed E-state index contributed by atoms with van der Waals surface area (Å²) >= 11 is 1.82. The molecule has 1 aliphatic rings. The Morgan fingerprint density at radius 2 is 1.20 bits per heavy atom. The van der Waals surface area contributed by atoms with Crippen LogP contribution in [0.4, 0.5) is 11.4 Å². The average molecular weight is 327 g/mol. The van der Waals surface area contributed by atoms with E-state index in [1.807, 2.05) is 11.8 Å². The van der Waals surface area contributed by atoms with Crippen LogP contribution in [0.3, 0.4) is 0 Å². The molecular formula is C12H10INS. The minimum atomic E-state index is 0. The van der Waals surface area contributed by atoms with Crippen LogP contribution in [0.15, 0.2) is 58.3 Å². The number of benzene rings is 2. The first-order valence-electron chi connectivity index (χ1n) is 4.56. The van der Waals surface area contributed by atoms with E-state index in [0.29, 0.717) is 0 Å². The summed E-state index contributed by atoms with van der Waals surface area (Å²) in [5, 5.41) is 3.42. The molecule has 0 aliphatic carbocycles. The zero-order chi connectivity index (χ0) is 9.38. The van der Waals surface area contributed by atoms with Gasteiger partial charge in [0.1, 0.15) is 0 Å². The Bertz CT molecular complexity index is 397. The molecule has 15 heavy (non-hydrogen) atoms. The molecule has 2 aromatic carbocycles. The molecule has 0 bridgehead atoms. The van der Waals surface area contributed by atoms with Gasteiger partial charge in [0.2, 0.25) is 0 Å². The first kappa shape index (κ1) is 10.8. The van der Waals surface area contributed by atoms with Gasteiger partial charge < -0.3 is 5.32 Å². The lowest BCUT2D eigenvalue weighted by atomic mass is 10.2. The molecule has 0 unspecified atom stereocenters. The summed E-state index contributed by atoms with van der Waals surface area (Å²) in [6, 6.07) is 16.8. The maximum Gasteiger partial charge on any atom is 0.0526 e. The first-order valence-corrected chi connectivity index (χ1v) is 5.38. The van der Waals surface area contributed by atoms with E-state index in [0.717, 1.165) is 0 Å². The van der Waals surface area contributed by atoms with E-state index in [2.05, 4.69) is 53.8 Å². The Hall–Kier alpha value is -0.680. The van der Waals surface area contributed by atoms with Crippen LogP contribution in [-0.4, -0.2) is 0 Å². The molecule has 0 amide bonds. The summed E-state index contributed by atoms with van der Waals surface area (Å²) in [7, 11) is 0. The molecule has 1 N–H and O–H groups in total. The van der Waals surface area contributed by atoms with E-state index in [9.17, 15) is 0 Å². The van der Waals surface area contributed by atoms with E-state index in [1.54, 1.807) is 0 Å². The van der Waals surface area contributed by atoms with Crippen molar-refractivity contribution in [3.63, 3.8) is 0 Å². The van der Waals surface area contributed by atoms with Crippen LogP contribution in [0, 0.1) is 0 Å². The van der Waals surface area contributed by atoms with Crippen molar-refractivity contribution in [1.29, 1.82) is 0 Å². The second kappa shape index (κ2) is 4.45. The molecule has 1 heterocycles. The summed E-state index contributed by atoms with van der Waals surface area (Å²) in [6.07, 6.45) is 0. The first-order chi connectivity index (χ1) is 6.93. The third-order valence-electron chi connectivity index (χ3n) is 2.26. The molecule has 0 spiro atoms. The smallest absolute Gasteiger partial charge is 0.0526 e. The van der Waals surface area contributed by atoms with Crippen molar-refractivity contribution in [3.8, 4) is 0 Å². The van der Waals surface area contributed by atoms with Crippen molar-refractivity contribution < 1.29 is 0 Å². The third-order valence-corrected chi connectivity index (χ3v) is 3.42. The molecule has 1 aliphatic heterocycles. The number of anilines is 2. The fourth-order valence-electron chi connectivity index (χ4n) is 1.58. The quantitative estimate of drug-likeness (QED) is 0.610. The summed E-state index contributed by atoms with van der Waals surface area (Å²) in [4.78, 5) is 2.59. The van der Waals surface area contributed by atoms with E-state index in [1.165, 1.54) is 21.2 Å². The van der Waals surface area contributed by atoms with Crippen LogP contribution >= 0.6 is 35.7 Å². The van der Waals surface area contributed by atoms with Crippen molar-refractivity contribution in [2.75, 3.05) is 5.32 Å². The monoisotopic (exact) mass is 327 g/mol. The van der Waals surface area contributed by atoms with Gasteiger partial charge in [0, 0.05) is 9.79 Å². The van der Waals surface area contributed by atoms with Gasteiger partial charge in [-0.2, -0.15) is 0 Å². The molecule has 3 rings (SSSR count). The predicted octanol–water partition coefficient (Wildman–Crippen LogP) is 4.51. The zero-order valence-electron chi connectivity index (χ0n) is 7.94. The summed E-state index contributed by atoms with van der Waals surface area (Å²) in [5.41, 5.74) is 2.41. The molecule has 1 nitrogen and oxygen atoms in total. The van der Waals surface area contributed by atoms with E-state index in [-0.39, 0.29) is 24.0 Å². The number of hydrogen-bond donors (Lipinski definition) is 1. The van der Waals surface area contributed by atoms with Crippen LogP contribution in [0.25, 0.3) is 0 Å². The van der Waals surface area contributed by atoms with Gasteiger partial charge in [-0.25, -0.2) is 0 Å². The lowest BCUT2D eigenvalue weighted by molar-refractivity contribution is 1.32. The maximum atomic E-state index is 3.42. The predicted molar refractivity (Wildman–Crippen MR) is 75.7 cm³/mol. The highest BCUT2D eigenvalue weighted by molar-refractivity contribution is 14.0. The Kier molecular flexibility index (Phi) is 3.21. The Labute approximate surface area is 110 Å². The van der Waals surface area contributed by atoms with Gasteiger partial charge >= 0.3 is 0 Å². The molecular weight excluding hydrogens is 317 g/mol. The van der Waals surface area contributed by atoms with Gasteiger partial charge in [0.25, 0.3) is 0 Å². The van der Waals surface area contributed by atoms with Gasteiger partial charge in [-0.1, -0.05) is 36.0 Å². The number of rotatable bonds is 0. The number of hydrogen-bond acceptors (Lipinski definition) is 2. The lowest BCUT2D eigenvalue weighted by Crippen LogP contribution is -1.98. The van der Waals surface area contributed by atoms with Crippen molar-refractivity contribution in [2.45, 2.75) is 9.79 Å². The van der Waals surface area contributed by atoms with Crippen LogP contribution < -0.4 is 5.32 Å². The molecule has 0 atom stereocenters. The standard InChI is InChI=1S/C12H9NS.HI/c1-3-7-11-9(5-1)13-10-6-2-4-8-12(10)14-11;/h1-8,13H;1H. The summed E-state index contributed by atoms with van der Waals surface area (Å²) in [5.74, 6) is 0. The fourth-order valence-corrected chi connectivity index (χ4v) is 2.57. The Balaban J connectivity index is 0.000000853.